The Labute approximate surface area is 157 Å². The van der Waals surface area contributed by atoms with E-state index < -0.39 is 17.4 Å². The fourth-order valence-electron chi connectivity index (χ4n) is 2.46. The summed E-state index contributed by atoms with van der Waals surface area (Å²) in [4.78, 5) is 41.2. The number of carbonyl (C=O) groups is 2. The molecule has 0 aliphatic rings. The molecule has 0 aliphatic heterocycles. The largest absolute Gasteiger partial charge is 0.461 e. The number of para-hydroxylation sites is 1. The molecule has 2 heterocycles. The fraction of sp³-hybridized carbons (Fsp3) is 0.235. The molecule has 0 unspecified atom stereocenters. The van der Waals surface area contributed by atoms with Gasteiger partial charge in [-0.05, 0) is 26.0 Å². The summed E-state index contributed by atoms with van der Waals surface area (Å²) in [5, 5.41) is 6.43. The Bertz CT molecular complexity index is 1090. The molecule has 0 saturated carbocycles. The van der Waals surface area contributed by atoms with Gasteiger partial charge in [-0.1, -0.05) is 28.9 Å². The van der Waals surface area contributed by atoms with Crippen LogP contribution >= 0.6 is 11.6 Å². The van der Waals surface area contributed by atoms with Crippen LogP contribution in [0.5, 0.6) is 0 Å². The smallest absolute Gasteiger partial charge is 0.361 e. The molecule has 3 aromatic rings. The first kappa shape index (κ1) is 18.6. The zero-order valence-corrected chi connectivity index (χ0v) is 15.2. The molecule has 9 nitrogen and oxygen atoms in total. The molecule has 0 radical (unpaired) electrons. The van der Waals surface area contributed by atoms with E-state index in [1.165, 1.54) is 6.92 Å². The number of esters is 1. The van der Waals surface area contributed by atoms with Crippen LogP contribution in [0.25, 0.3) is 11.1 Å². The third-order valence-corrected chi connectivity index (χ3v) is 4.04. The number of fused-ring (bicyclic) bond motifs is 1. The van der Waals surface area contributed by atoms with Crippen LogP contribution in [0.3, 0.4) is 0 Å². The molecule has 1 aromatic carbocycles. The van der Waals surface area contributed by atoms with Gasteiger partial charge in [0.2, 0.25) is 11.6 Å². The Morgan fingerprint density at radius 2 is 2.07 bits per heavy atom. The molecule has 0 spiro atoms. The predicted octanol–water partition coefficient (Wildman–Crippen LogP) is 2.16. The molecule has 1 N–H and O–H groups in total. The van der Waals surface area contributed by atoms with Gasteiger partial charge in [-0.25, -0.2) is 4.79 Å². The Morgan fingerprint density at radius 3 is 2.78 bits per heavy atom. The van der Waals surface area contributed by atoms with Gasteiger partial charge in [0.25, 0.3) is 11.3 Å². The van der Waals surface area contributed by atoms with Crippen LogP contribution in [0.15, 0.2) is 33.6 Å². The molecule has 0 aliphatic carbocycles. The highest BCUT2D eigenvalue weighted by Crippen LogP contribution is 2.20. The second-order valence-electron chi connectivity index (χ2n) is 5.51. The minimum absolute atomic E-state index is 0.0942. The van der Waals surface area contributed by atoms with E-state index in [0.717, 1.165) is 4.57 Å². The fourth-order valence-corrected chi connectivity index (χ4v) is 2.64. The summed E-state index contributed by atoms with van der Waals surface area (Å²) >= 11 is 6.01. The van der Waals surface area contributed by atoms with Crippen LogP contribution in [0.2, 0.25) is 5.02 Å². The van der Waals surface area contributed by atoms with Crippen molar-refractivity contribution in [2.75, 3.05) is 11.9 Å². The number of hydrogen-bond acceptors (Lipinski definition) is 7. The van der Waals surface area contributed by atoms with E-state index in [1.807, 2.05) is 0 Å². The quantitative estimate of drug-likeness (QED) is 0.663. The van der Waals surface area contributed by atoms with Crippen LogP contribution < -0.4 is 10.9 Å². The summed E-state index contributed by atoms with van der Waals surface area (Å²) in [6.45, 7) is 2.95. The first-order valence-electron chi connectivity index (χ1n) is 8.00. The Morgan fingerprint density at radius 1 is 1.33 bits per heavy atom. The van der Waals surface area contributed by atoms with Crippen LogP contribution in [-0.4, -0.2) is 33.2 Å². The van der Waals surface area contributed by atoms with Gasteiger partial charge in [0, 0.05) is 0 Å². The molecule has 0 saturated heterocycles. The highest BCUT2D eigenvalue weighted by atomic mass is 35.5. The highest BCUT2D eigenvalue weighted by molar-refractivity contribution is 6.33. The second-order valence-corrected chi connectivity index (χ2v) is 5.92. The van der Waals surface area contributed by atoms with Gasteiger partial charge in [0.1, 0.15) is 17.8 Å². The number of aromatic nitrogens is 3. The van der Waals surface area contributed by atoms with E-state index >= 15 is 0 Å². The lowest BCUT2D eigenvalue weighted by Gasteiger charge is -2.10. The van der Waals surface area contributed by atoms with Crippen LogP contribution in [0, 0.1) is 6.92 Å². The number of hydrogen-bond donors (Lipinski definition) is 1. The summed E-state index contributed by atoms with van der Waals surface area (Å²) in [5.41, 5.74) is -0.579. The van der Waals surface area contributed by atoms with Crippen molar-refractivity contribution in [1.82, 2.24) is 14.7 Å². The number of halogens is 1. The third kappa shape index (κ3) is 3.68. The summed E-state index contributed by atoms with van der Waals surface area (Å²) in [6, 6.07) is 6.71. The first-order chi connectivity index (χ1) is 12.9. The molecule has 1 amide bonds. The Kier molecular flexibility index (Phi) is 5.22. The summed E-state index contributed by atoms with van der Waals surface area (Å²) in [6.07, 6.45) is 0. The standard InChI is InChI=1S/C17H15ClN4O5/c1-3-26-17(25)14-13-15(27-21-14)19-9(2)22(16(13)24)8-12(23)20-11-7-5-4-6-10(11)18/h4-7H,3,8H2,1-2H3,(H,20,23). The molecular formula is C17H15ClN4O5. The van der Waals surface area contributed by atoms with Crippen LogP contribution in [0.4, 0.5) is 5.69 Å². The van der Waals surface area contributed by atoms with Crippen LogP contribution in [0.1, 0.15) is 23.2 Å². The summed E-state index contributed by atoms with van der Waals surface area (Å²) < 4.78 is 10.9. The molecule has 0 bridgehead atoms. The lowest BCUT2D eigenvalue weighted by molar-refractivity contribution is -0.116. The monoisotopic (exact) mass is 390 g/mol. The number of nitrogens with zero attached hydrogens (tertiary/aromatic N) is 3. The van der Waals surface area contributed by atoms with E-state index in [1.54, 1.807) is 31.2 Å². The van der Waals surface area contributed by atoms with Gasteiger partial charge in [0.15, 0.2) is 0 Å². The SMILES string of the molecule is CCOC(=O)c1noc2nc(C)n(CC(=O)Nc3ccccc3Cl)c(=O)c12. The predicted molar refractivity (Wildman–Crippen MR) is 96.8 cm³/mol. The van der Waals surface area contributed by atoms with Gasteiger partial charge < -0.3 is 14.6 Å². The van der Waals surface area contributed by atoms with Crippen molar-refractivity contribution >= 4 is 40.3 Å². The van der Waals surface area contributed by atoms with Crippen molar-refractivity contribution in [3.63, 3.8) is 0 Å². The van der Waals surface area contributed by atoms with Crippen molar-refractivity contribution in [2.45, 2.75) is 20.4 Å². The highest BCUT2D eigenvalue weighted by Gasteiger charge is 2.24. The van der Waals surface area contributed by atoms with E-state index in [4.69, 9.17) is 20.9 Å². The minimum atomic E-state index is -0.800. The van der Waals surface area contributed by atoms with Gasteiger partial charge >= 0.3 is 5.97 Å². The number of aryl methyl sites for hydroxylation is 1. The lowest BCUT2D eigenvalue weighted by Crippen LogP contribution is -2.30. The van der Waals surface area contributed by atoms with Crippen molar-refractivity contribution in [1.29, 1.82) is 0 Å². The zero-order valence-electron chi connectivity index (χ0n) is 14.5. The van der Waals surface area contributed by atoms with E-state index in [2.05, 4.69) is 15.5 Å². The molecule has 0 atom stereocenters. The maximum atomic E-state index is 12.8. The topological polar surface area (TPSA) is 116 Å². The normalized spacial score (nSPS) is 10.8. The molecule has 0 fully saturated rings. The number of carbonyl (C=O) groups excluding carboxylic acids is 2. The van der Waals surface area contributed by atoms with Crippen LogP contribution in [-0.2, 0) is 16.1 Å². The zero-order chi connectivity index (χ0) is 19.6. The maximum absolute atomic E-state index is 12.8. The van der Waals surface area contributed by atoms with Gasteiger partial charge in [-0.3, -0.25) is 14.2 Å². The molecule has 10 heteroatoms. The number of nitrogens with one attached hydrogen (secondary N) is 1. The van der Waals surface area contributed by atoms with Crippen molar-refractivity contribution in [3.05, 3.63) is 51.2 Å². The summed E-state index contributed by atoms with van der Waals surface area (Å²) in [5.74, 6) is -1.05. The van der Waals surface area contributed by atoms with E-state index in [-0.39, 0.29) is 35.8 Å². The molecule has 140 valence electrons. The third-order valence-electron chi connectivity index (χ3n) is 3.71. The van der Waals surface area contributed by atoms with Gasteiger partial charge in [-0.15, -0.1) is 0 Å². The van der Waals surface area contributed by atoms with Crippen molar-refractivity contribution in [3.8, 4) is 0 Å². The maximum Gasteiger partial charge on any atom is 0.361 e. The molecule has 3 rings (SSSR count). The van der Waals surface area contributed by atoms with E-state index in [9.17, 15) is 14.4 Å². The molecule has 27 heavy (non-hydrogen) atoms. The van der Waals surface area contributed by atoms with Crippen molar-refractivity contribution < 1.29 is 18.8 Å². The summed E-state index contributed by atoms with van der Waals surface area (Å²) in [7, 11) is 0. The van der Waals surface area contributed by atoms with E-state index in [0.29, 0.717) is 10.7 Å². The molecular weight excluding hydrogens is 376 g/mol. The average molecular weight is 391 g/mol. The first-order valence-corrected chi connectivity index (χ1v) is 8.38. The second kappa shape index (κ2) is 7.58. The Balaban J connectivity index is 1.95. The average Bonchev–Trinajstić information content (AvgIpc) is 3.05. The number of benzene rings is 1. The van der Waals surface area contributed by atoms with Gasteiger partial charge in [0.05, 0.1) is 17.3 Å². The number of anilines is 1. The number of rotatable bonds is 5. The Hall–Kier alpha value is -3.20. The lowest BCUT2D eigenvalue weighted by atomic mass is 10.3. The van der Waals surface area contributed by atoms with Crippen molar-refractivity contribution in [2.24, 2.45) is 0 Å². The minimum Gasteiger partial charge on any atom is -0.461 e. The number of ether oxygens (including phenoxy) is 1. The van der Waals surface area contributed by atoms with Gasteiger partial charge in [-0.2, -0.15) is 4.98 Å². The number of amides is 1. The molecule has 2 aromatic heterocycles.